The summed E-state index contributed by atoms with van der Waals surface area (Å²) in [6.45, 7) is 2.18. The van der Waals surface area contributed by atoms with Crippen molar-refractivity contribution >= 4 is 5.84 Å². The summed E-state index contributed by atoms with van der Waals surface area (Å²) in [4.78, 5) is 10.8. The van der Waals surface area contributed by atoms with E-state index in [0.29, 0.717) is 40.1 Å². The maximum atomic E-state index is 5.41. The van der Waals surface area contributed by atoms with Gasteiger partial charge in [-0.3, -0.25) is 0 Å². The van der Waals surface area contributed by atoms with E-state index < -0.39 is 0 Å². The number of methoxy groups -OCH3 is 6. The lowest BCUT2D eigenvalue weighted by Crippen LogP contribution is -2.67. The van der Waals surface area contributed by atoms with Gasteiger partial charge in [0.15, 0.2) is 0 Å². The van der Waals surface area contributed by atoms with E-state index in [1.165, 1.54) is 0 Å². The van der Waals surface area contributed by atoms with Crippen molar-refractivity contribution in [2.45, 2.75) is 12.5 Å². The zero-order chi connectivity index (χ0) is 18.7. The Morgan fingerprint density at radius 3 is 1.96 bits per heavy atom. The summed E-state index contributed by atoms with van der Waals surface area (Å²) >= 11 is 0. The Morgan fingerprint density at radius 1 is 0.840 bits per heavy atom. The van der Waals surface area contributed by atoms with Crippen molar-refractivity contribution in [3.8, 4) is 0 Å². The van der Waals surface area contributed by atoms with Gasteiger partial charge in [0, 0.05) is 42.7 Å². The lowest BCUT2D eigenvalue weighted by atomic mass is 10.3. The lowest BCUT2D eigenvalue weighted by molar-refractivity contribution is -0.183. The van der Waals surface area contributed by atoms with Gasteiger partial charge in [-0.2, -0.15) is 0 Å². The van der Waals surface area contributed by atoms with Crippen LogP contribution in [0.2, 0.25) is 0 Å². The molecule has 0 aromatic heterocycles. The van der Waals surface area contributed by atoms with Crippen LogP contribution in [0.3, 0.4) is 0 Å². The van der Waals surface area contributed by atoms with Crippen LogP contribution in [-0.2, 0) is 28.4 Å². The van der Waals surface area contributed by atoms with Gasteiger partial charge in [0.2, 0.25) is 0 Å². The summed E-state index contributed by atoms with van der Waals surface area (Å²) in [5, 5.41) is 0. The Morgan fingerprint density at radius 2 is 1.48 bits per heavy atom. The van der Waals surface area contributed by atoms with Gasteiger partial charge in [0.25, 0.3) is 0 Å². The molecule has 0 aromatic rings. The number of aliphatic imine (C=N–C) groups is 1. The fourth-order valence-electron chi connectivity index (χ4n) is 2.81. The summed E-state index contributed by atoms with van der Waals surface area (Å²) < 4.78 is 32.2. The molecule has 1 aliphatic rings. The van der Waals surface area contributed by atoms with Gasteiger partial charge < -0.3 is 33.3 Å². The summed E-state index contributed by atoms with van der Waals surface area (Å²) in [6.07, 6.45) is -0.494. The molecule has 2 unspecified atom stereocenters. The molecular weight excluding hydrogens is 332 g/mol. The van der Waals surface area contributed by atoms with E-state index in [-0.39, 0.29) is 12.5 Å². The third-order valence-corrected chi connectivity index (χ3v) is 3.64. The number of amidine groups is 1. The van der Waals surface area contributed by atoms with Gasteiger partial charge in [0.1, 0.15) is 51.8 Å². The zero-order valence-corrected chi connectivity index (χ0v) is 16.1. The molecule has 2 atom stereocenters. The van der Waals surface area contributed by atoms with Gasteiger partial charge in [-0.15, -0.1) is 0 Å². The summed E-state index contributed by atoms with van der Waals surface area (Å²) in [6, 6.07) is 0. The lowest BCUT2D eigenvalue weighted by Gasteiger charge is -2.50. The van der Waals surface area contributed by atoms with Crippen LogP contribution in [0, 0.1) is 0 Å². The molecule has 25 heavy (non-hydrogen) atoms. The largest absolute Gasteiger partial charge is 0.381 e. The fraction of sp³-hybridized carbons (Fsp3) is 0.933. The molecule has 0 fully saturated rings. The first-order valence-corrected chi connectivity index (χ1v) is 7.95. The highest BCUT2D eigenvalue weighted by atomic mass is 16.5. The third kappa shape index (κ3) is 6.12. The summed E-state index contributed by atoms with van der Waals surface area (Å²) in [7, 11) is 9.85. The number of rotatable bonds is 13. The average molecular weight is 364 g/mol. The molecule has 10 nitrogen and oxygen atoms in total. The normalized spacial score (nSPS) is 21.9. The topological polar surface area (TPSA) is 77.5 Å². The maximum Gasteiger partial charge on any atom is 0.150 e. The second kappa shape index (κ2) is 12.5. The first-order valence-electron chi connectivity index (χ1n) is 7.95. The van der Waals surface area contributed by atoms with E-state index in [4.69, 9.17) is 33.4 Å². The van der Waals surface area contributed by atoms with Crippen LogP contribution in [0.15, 0.2) is 4.99 Å². The molecule has 1 rings (SSSR count). The minimum Gasteiger partial charge on any atom is -0.381 e. The van der Waals surface area contributed by atoms with Crippen LogP contribution in [0.1, 0.15) is 0 Å². The third-order valence-electron chi connectivity index (χ3n) is 3.64. The molecule has 1 heterocycles. The van der Waals surface area contributed by atoms with E-state index in [1.807, 2.05) is 9.80 Å². The van der Waals surface area contributed by atoms with Crippen molar-refractivity contribution in [2.75, 3.05) is 82.8 Å². The van der Waals surface area contributed by atoms with E-state index in [9.17, 15) is 0 Å². The first-order chi connectivity index (χ1) is 12.2. The molecule has 10 heteroatoms. The smallest absolute Gasteiger partial charge is 0.150 e. The molecule has 0 aliphatic carbocycles. The van der Waals surface area contributed by atoms with Crippen molar-refractivity contribution in [3.05, 3.63) is 0 Å². The first kappa shape index (κ1) is 22.2. The highest BCUT2D eigenvalue weighted by Gasteiger charge is 2.40. The number of nitrogens with zero attached hydrogens (tertiary/aromatic N) is 4. The predicted octanol–water partition coefficient (Wildman–Crippen LogP) is -0.377. The van der Waals surface area contributed by atoms with Crippen LogP contribution in [0.5, 0.6) is 0 Å². The molecule has 0 bridgehead atoms. The molecular formula is C15H32N4O6. The van der Waals surface area contributed by atoms with E-state index in [1.54, 1.807) is 42.7 Å². The Balaban J connectivity index is 3.28. The average Bonchev–Trinajstić information content (AvgIpc) is 2.59. The Bertz CT molecular complexity index is 381. The van der Waals surface area contributed by atoms with Crippen LogP contribution in [0.4, 0.5) is 0 Å². The molecule has 0 N–H and O–H groups in total. The minimum absolute atomic E-state index is 0.232. The van der Waals surface area contributed by atoms with Gasteiger partial charge in [0.05, 0.1) is 6.61 Å². The molecule has 0 amide bonds. The molecule has 0 spiro atoms. The van der Waals surface area contributed by atoms with E-state index in [0.717, 1.165) is 5.84 Å². The second-order valence-corrected chi connectivity index (χ2v) is 5.50. The Kier molecular flexibility index (Phi) is 11.1. The summed E-state index contributed by atoms with van der Waals surface area (Å²) in [5.41, 5.74) is 0. The van der Waals surface area contributed by atoms with Crippen LogP contribution >= 0.6 is 0 Å². The van der Waals surface area contributed by atoms with Gasteiger partial charge in [-0.05, 0) is 0 Å². The molecule has 1 aliphatic heterocycles. The number of ether oxygens (including phenoxy) is 6. The van der Waals surface area contributed by atoms with Crippen molar-refractivity contribution in [2.24, 2.45) is 4.99 Å². The molecule has 0 saturated carbocycles. The van der Waals surface area contributed by atoms with E-state index in [2.05, 4.69) is 4.90 Å². The minimum atomic E-state index is -0.261. The quantitative estimate of drug-likeness (QED) is 0.407. The zero-order valence-electron chi connectivity index (χ0n) is 16.1. The number of hydrogen-bond donors (Lipinski definition) is 0. The molecule has 148 valence electrons. The van der Waals surface area contributed by atoms with Crippen molar-refractivity contribution < 1.29 is 28.4 Å². The Labute approximate surface area is 150 Å². The van der Waals surface area contributed by atoms with E-state index >= 15 is 0 Å². The van der Waals surface area contributed by atoms with Crippen molar-refractivity contribution in [3.63, 3.8) is 0 Å². The summed E-state index contributed by atoms with van der Waals surface area (Å²) in [5.74, 6) is 0.765. The van der Waals surface area contributed by atoms with Crippen molar-refractivity contribution in [1.82, 2.24) is 14.7 Å². The van der Waals surface area contributed by atoms with Crippen LogP contribution in [0.25, 0.3) is 0 Å². The van der Waals surface area contributed by atoms with Gasteiger partial charge >= 0.3 is 0 Å². The van der Waals surface area contributed by atoms with Crippen molar-refractivity contribution in [1.29, 1.82) is 0 Å². The number of hydrogen-bond acceptors (Lipinski definition) is 10. The highest BCUT2D eigenvalue weighted by Crippen LogP contribution is 2.22. The molecule has 0 radical (unpaired) electrons. The van der Waals surface area contributed by atoms with Gasteiger partial charge in [-0.25, -0.2) is 14.8 Å². The predicted molar refractivity (Wildman–Crippen MR) is 91.8 cm³/mol. The standard InChI is InChI=1S/C15H32N4O6/c1-20-7-13-16-14(8-21-2)19(12-25-6)15(18(13)11-24-5)17(9-22-3)10-23-4/h13,15H,7-12H2,1-6H3. The SMILES string of the molecule is COCC1=NC(COC)N(COC)C(N(COC)COC)N1COC. The molecule has 0 saturated heterocycles. The second-order valence-electron chi connectivity index (χ2n) is 5.50. The molecule has 0 aromatic carbocycles. The monoisotopic (exact) mass is 364 g/mol. The fourth-order valence-corrected chi connectivity index (χ4v) is 2.81. The maximum absolute atomic E-state index is 5.41. The highest BCUT2D eigenvalue weighted by molar-refractivity contribution is 5.84. The van der Waals surface area contributed by atoms with Crippen LogP contribution in [-0.4, -0.2) is 116 Å². The van der Waals surface area contributed by atoms with Gasteiger partial charge in [-0.1, -0.05) is 0 Å². The Hall–Kier alpha value is -0.850. The van der Waals surface area contributed by atoms with Crippen LogP contribution < -0.4 is 0 Å².